The highest BCUT2D eigenvalue weighted by Crippen LogP contribution is 2.39. The van der Waals surface area contributed by atoms with Crippen LogP contribution in [0.15, 0.2) is 71.7 Å². The Kier molecular flexibility index (Phi) is 5.95. The zero-order valence-corrected chi connectivity index (χ0v) is 17.3. The van der Waals surface area contributed by atoms with E-state index >= 15 is 0 Å². The number of carbonyl (C=O) groups is 1. The van der Waals surface area contributed by atoms with Crippen LogP contribution in [0.3, 0.4) is 0 Å². The van der Waals surface area contributed by atoms with Gasteiger partial charge in [0.05, 0.1) is 12.6 Å². The molecule has 3 aromatic rings. The molecule has 4 rings (SSSR count). The summed E-state index contributed by atoms with van der Waals surface area (Å²) >= 11 is 0. The second-order valence-electron chi connectivity index (χ2n) is 7.63. The van der Waals surface area contributed by atoms with Crippen LogP contribution in [-0.2, 0) is 4.74 Å². The standard InChI is InChI=1S/C24H23BN2O4/c1-31-13-12-26-15-19(27-14-18(25)22(28)23(29)21(27)24(26)30)20(16-8-4-2-5-9-16)17-10-6-3-7-11-17/h2-11,14,19-20,29H,12-13,15H2,1H3/t19-/m1/s1. The maximum Gasteiger partial charge on any atom is 0.274 e. The first-order valence-corrected chi connectivity index (χ1v) is 10.1. The van der Waals surface area contributed by atoms with Gasteiger partial charge in [0.1, 0.15) is 7.85 Å². The van der Waals surface area contributed by atoms with E-state index in [1.165, 1.54) is 6.20 Å². The summed E-state index contributed by atoms with van der Waals surface area (Å²) in [6.45, 7) is 1.07. The number of benzene rings is 2. The summed E-state index contributed by atoms with van der Waals surface area (Å²) in [5.41, 5.74) is 1.25. The Morgan fingerprint density at radius 2 is 1.65 bits per heavy atom. The summed E-state index contributed by atoms with van der Waals surface area (Å²) < 4.78 is 6.84. The smallest absolute Gasteiger partial charge is 0.274 e. The fraction of sp³-hybridized carbons (Fsp3) is 0.250. The number of methoxy groups -OCH3 is 1. The number of hydrogen-bond donors (Lipinski definition) is 1. The highest BCUT2D eigenvalue weighted by Gasteiger charge is 2.38. The Balaban J connectivity index is 1.93. The SMILES string of the molecule is [B]c1cn2c(c(O)c1=O)C(=O)N(CCOC)C[C@@H]2C(c1ccccc1)c1ccccc1. The van der Waals surface area contributed by atoms with E-state index in [-0.39, 0.29) is 23.1 Å². The van der Waals surface area contributed by atoms with Crippen molar-refractivity contribution in [2.45, 2.75) is 12.0 Å². The van der Waals surface area contributed by atoms with Gasteiger partial charge in [0.25, 0.3) is 5.91 Å². The molecule has 7 heteroatoms. The van der Waals surface area contributed by atoms with Crippen LogP contribution in [0.1, 0.15) is 33.6 Å². The van der Waals surface area contributed by atoms with E-state index in [0.717, 1.165) is 11.1 Å². The van der Waals surface area contributed by atoms with Crippen molar-refractivity contribution < 1.29 is 14.6 Å². The van der Waals surface area contributed by atoms with Gasteiger partial charge in [-0.1, -0.05) is 60.7 Å². The van der Waals surface area contributed by atoms with Crippen LogP contribution in [0, 0.1) is 0 Å². The van der Waals surface area contributed by atoms with E-state index in [9.17, 15) is 14.7 Å². The molecule has 2 radical (unpaired) electrons. The van der Waals surface area contributed by atoms with Crippen LogP contribution >= 0.6 is 0 Å². The van der Waals surface area contributed by atoms with Gasteiger partial charge >= 0.3 is 0 Å². The van der Waals surface area contributed by atoms with Gasteiger partial charge in [0.2, 0.25) is 5.43 Å². The first kappa shape index (κ1) is 20.9. The van der Waals surface area contributed by atoms with Crippen molar-refractivity contribution in [2.75, 3.05) is 26.8 Å². The normalized spacial score (nSPS) is 15.9. The maximum atomic E-state index is 13.2. The summed E-state index contributed by atoms with van der Waals surface area (Å²) in [5.74, 6) is -1.17. The molecule has 1 amide bonds. The minimum absolute atomic E-state index is 0.0385. The molecule has 1 atom stereocenters. The third kappa shape index (κ3) is 3.89. The van der Waals surface area contributed by atoms with Crippen molar-refractivity contribution >= 4 is 19.2 Å². The van der Waals surface area contributed by atoms with Gasteiger partial charge in [-0.3, -0.25) is 9.59 Å². The molecule has 0 fully saturated rings. The van der Waals surface area contributed by atoms with E-state index in [4.69, 9.17) is 12.6 Å². The van der Waals surface area contributed by atoms with Crippen LogP contribution in [0.4, 0.5) is 0 Å². The van der Waals surface area contributed by atoms with Crippen molar-refractivity contribution in [1.82, 2.24) is 9.47 Å². The van der Waals surface area contributed by atoms with Crippen LogP contribution in [0.5, 0.6) is 5.75 Å². The van der Waals surface area contributed by atoms with Gasteiger partial charge in [-0.15, -0.1) is 0 Å². The predicted octanol–water partition coefficient (Wildman–Crippen LogP) is 1.82. The minimum Gasteiger partial charge on any atom is -0.503 e. The summed E-state index contributed by atoms with van der Waals surface area (Å²) in [7, 11) is 7.48. The highest BCUT2D eigenvalue weighted by atomic mass is 16.5. The molecule has 0 bridgehead atoms. The molecule has 6 nitrogen and oxygen atoms in total. The molecule has 2 heterocycles. The third-order valence-electron chi connectivity index (χ3n) is 5.76. The number of ether oxygens (including phenoxy) is 1. The number of aromatic nitrogens is 1. The molecule has 0 unspecified atom stereocenters. The lowest BCUT2D eigenvalue weighted by Crippen LogP contribution is -2.48. The zero-order valence-electron chi connectivity index (χ0n) is 17.3. The van der Waals surface area contributed by atoms with Crippen molar-refractivity contribution in [3.63, 3.8) is 0 Å². The van der Waals surface area contributed by atoms with Crippen LogP contribution < -0.4 is 10.9 Å². The van der Waals surface area contributed by atoms with E-state index in [2.05, 4.69) is 0 Å². The Hall–Kier alpha value is -3.32. The number of amides is 1. The van der Waals surface area contributed by atoms with Crippen LogP contribution in [-0.4, -0.2) is 55.1 Å². The largest absolute Gasteiger partial charge is 0.503 e. The molecule has 0 aliphatic carbocycles. The van der Waals surface area contributed by atoms with Gasteiger partial charge in [-0.05, 0) is 16.6 Å². The monoisotopic (exact) mass is 414 g/mol. The second kappa shape index (κ2) is 8.82. The quantitative estimate of drug-likeness (QED) is 0.625. The molecule has 0 spiro atoms. The van der Waals surface area contributed by atoms with Gasteiger partial charge in [-0.25, -0.2) is 0 Å². The lowest BCUT2D eigenvalue weighted by atomic mass is 9.83. The fourth-order valence-electron chi connectivity index (χ4n) is 4.28. The van der Waals surface area contributed by atoms with Crippen LogP contribution in [0.2, 0.25) is 0 Å². The summed E-state index contributed by atoms with van der Waals surface area (Å²) in [6.07, 6.45) is 1.48. The molecule has 2 aromatic carbocycles. The number of fused-ring (bicyclic) bond motifs is 1. The minimum atomic E-state index is -0.733. The molecule has 31 heavy (non-hydrogen) atoms. The van der Waals surface area contributed by atoms with E-state index in [1.54, 1.807) is 16.6 Å². The highest BCUT2D eigenvalue weighted by molar-refractivity contribution is 6.32. The summed E-state index contributed by atoms with van der Waals surface area (Å²) in [4.78, 5) is 27.1. The van der Waals surface area contributed by atoms with Gasteiger partial charge in [0.15, 0.2) is 11.4 Å². The number of rotatable bonds is 6. The topological polar surface area (TPSA) is 71.8 Å². The Bertz CT molecular complexity index is 1090. The average Bonchev–Trinajstić information content (AvgIpc) is 2.79. The molecular formula is C24H23BN2O4. The van der Waals surface area contributed by atoms with Gasteiger partial charge < -0.3 is 19.3 Å². The predicted molar refractivity (Wildman–Crippen MR) is 119 cm³/mol. The average molecular weight is 414 g/mol. The second-order valence-corrected chi connectivity index (χ2v) is 7.63. The fourth-order valence-corrected chi connectivity index (χ4v) is 4.28. The molecule has 0 saturated heterocycles. The van der Waals surface area contributed by atoms with Crippen molar-refractivity contribution in [3.8, 4) is 5.75 Å². The van der Waals surface area contributed by atoms with E-state index in [0.29, 0.717) is 19.7 Å². The molecule has 156 valence electrons. The number of carbonyl (C=O) groups excluding carboxylic acids is 1. The maximum absolute atomic E-state index is 13.2. The van der Waals surface area contributed by atoms with Gasteiger partial charge in [0, 0.05) is 32.3 Å². The summed E-state index contributed by atoms with van der Waals surface area (Å²) in [5, 5.41) is 10.6. The lowest BCUT2D eigenvalue weighted by molar-refractivity contribution is 0.0583. The molecular weight excluding hydrogens is 391 g/mol. The molecule has 1 aliphatic rings. The third-order valence-corrected chi connectivity index (χ3v) is 5.76. The van der Waals surface area contributed by atoms with E-state index < -0.39 is 17.1 Å². The van der Waals surface area contributed by atoms with Crippen molar-refractivity contribution in [3.05, 3.63) is 93.9 Å². The molecule has 1 N–H and O–H groups in total. The Morgan fingerprint density at radius 1 is 1.06 bits per heavy atom. The number of nitrogens with zero attached hydrogens (tertiary/aromatic N) is 2. The molecule has 1 aromatic heterocycles. The first-order valence-electron chi connectivity index (χ1n) is 10.1. The van der Waals surface area contributed by atoms with Crippen LogP contribution in [0.25, 0.3) is 0 Å². The van der Waals surface area contributed by atoms with E-state index in [1.807, 2.05) is 60.7 Å². The molecule has 1 aliphatic heterocycles. The van der Waals surface area contributed by atoms with Crippen molar-refractivity contribution in [2.24, 2.45) is 0 Å². The van der Waals surface area contributed by atoms with Gasteiger partial charge in [-0.2, -0.15) is 0 Å². The molecule has 0 saturated carbocycles. The zero-order chi connectivity index (χ0) is 22.0. The Labute approximate surface area is 182 Å². The lowest BCUT2D eigenvalue weighted by Gasteiger charge is -2.40. The Morgan fingerprint density at radius 3 is 2.19 bits per heavy atom. The van der Waals surface area contributed by atoms with Crippen molar-refractivity contribution in [1.29, 1.82) is 0 Å². The summed E-state index contributed by atoms with van der Waals surface area (Å²) in [6, 6.07) is 19.7. The number of pyridine rings is 1. The number of hydrogen-bond acceptors (Lipinski definition) is 4. The number of aromatic hydroxyl groups is 1. The first-order chi connectivity index (χ1) is 15.0.